The third kappa shape index (κ3) is 3.98. The summed E-state index contributed by atoms with van der Waals surface area (Å²) >= 11 is 0. The van der Waals surface area contributed by atoms with E-state index in [0.717, 1.165) is 24.1 Å². The smallest absolute Gasteiger partial charge is 0.118 e. The van der Waals surface area contributed by atoms with E-state index in [1.807, 2.05) is 0 Å². The molecule has 21 heavy (non-hydrogen) atoms. The zero-order valence-corrected chi connectivity index (χ0v) is 13.3. The number of piperidine rings is 1. The molecule has 3 rings (SSSR count). The van der Waals surface area contributed by atoms with E-state index in [1.165, 1.54) is 44.3 Å². The number of methoxy groups -OCH3 is 1. The number of hydrogen-bond acceptors (Lipinski definition) is 3. The van der Waals surface area contributed by atoms with Gasteiger partial charge in [-0.2, -0.15) is 0 Å². The molecule has 0 spiro atoms. The summed E-state index contributed by atoms with van der Waals surface area (Å²) < 4.78 is 5.27. The van der Waals surface area contributed by atoms with E-state index in [9.17, 15) is 0 Å². The van der Waals surface area contributed by atoms with Gasteiger partial charge >= 0.3 is 0 Å². The average molecular weight is 288 g/mol. The van der Waals surface area contributed by atoms with Gasteiger partial charge < -0.3 is 15.0 Å². The Morgan fingerprint density at radius 2 is 2.00 bits per heavy atom. The highest BCUT2D eigenvalue weighted by Gasteiger charge is 2.32. The Balaban J connectivity index is 1.59. The summed E-state index contributed by atoms with van der Waals surface area (Å²) in [5.41, 5.74) is 1.42. The molecule has 1 heterocycles. The quantitative estimate of drug-likeness (QED) is 0.870. The highest BCUT2D eigenvalue weighted by atomic mass is 16.5. The Morgan fingerprint density at radius 1 is 1.24 bits per heavy atom. The number of ether oxygens (including phenoxy) is 1. The van der Waals surface area contributed by atoms with E-state index in [0.29, 0.717) is 6.04 Å². The molecular weight excluding hydrogens is 260 g/mol. The van der Waals surface area contributed by atoms with Crippen molar-refractivity contribution in [1.82, 2.24) is 10.2 Å². The Morgan fingerprint density at radius 3 is 2.62 bits per heavy atom. The first kappa shape index (κ1) is 14.9. The topological polar surface area (TPSA) is 24.5 Å². The number of nitrogens with zero attached hydrogens (tertiary/aromatic N) is 1. The molecular formula is C18H28N2O. The molecule has 1 aromatic carbocycles. The van der Waals surface area contributed by atoms with Crippen LogP contribution in [-0.4, -0.2) is 38.7 Å². The summed E-state index contributed by atoms with van der Waals surface area (Å²) in [6.45, 7) is 3.66. The summed E-state index contributed by atoms with van der Waals surface area (Å²) in [6, 6.07) is 9.15. The van der Waals surface area contributed by atoms with Crippen molar-refractivity contribution < 1.29 is 4.74 Å². The van der Waals surface area contributed by atoms with Crippen molar-refractivity contribution in [2.75, 3.05) is 33.8 Å². The van der Waals surface area contributed by atoms with Crippen LogP contribution in [0.4, 0.5) is 0 Å². The van der Waals surface area contributed by atoms with Crippen molar-refractivity contribution in [1.29, 1.82) is 0 Å². The molecule has 2 fully saturated rings. The van der Waals surface area contributed by atoms with Crippen LogP contribution in [0, 0.1) is 11.8 Å². The maximum absolute atomic E-state index is 5.27. The second-order valence-electron chi connectivity index (χ2n) is 6.77. The lowest BCUT2D eigenvalue weighted by atomic mass is 9.96. The van der Waals surface area contributed by atoms with Gasteiger partial charge in [-0.15, -0.1) is 0 Å². The number of nitrogens with one attached hydrogen (secondary N) is 1. The fraction of sp³-hybridized carbons (Fsp3) is 0.667. The molecule has 2 unspecified atom stereocenters. The minimum atomic E-state index is 0.531. The molecule has 3 nitrogen and oxygen atoms in total. The van der Waals surface area contributed by atoms with Gasteiger partial charge in [-0.1, -0.05) is 12.1 Å². The number of hydrogen-bond donors (Lipinski definition) is 1. The van der Waals surface area contributed by atoms with Gasteiger partial charge in [-0.25, -0.2) is 0 Å². The largest absolute Gasteiger partial charge is 0.497 e. The van der Waals surface area contributed by atoms with Crippen LogP contribution in [0.5, 0.6) is 5.75 Å². The van der Waals surface area contributed by atoms with Crippen molar-refractivity contribution in [3.63, 3.8) is 0 Å². The lowest BCUT2D eigenvalue weighted by Gasteiger charge is -2.31. The average Bonchev–Trinajstić information content (AvgIpc) is 3.33. The Hall–Kier alpha value is -1.06. The monoisotopic (exact) mass is 288 g/mol. The molecule has 0 radical (unpaired) electrons. The van der Waals surface area contributed by atoms with Crippen LogP contribution in [0.1, 0.15) is 37.3 Å². The molecule has 2 aliphatic rings. The molecule has 0 aromatic heterocycles. The number of benzene rings is 1. The van der Waals surface area contributed by atoms with Gasteiger partial charge in [0, 0.05) is 12.6 Å². The summed E-state index contributed by atoms with van der Waals surface area (Å²) in [5.74, 6) is 2.59. The van der Waals surface area contributed by atoms with Gasteiger partial charge in [0.15, 0.2) is 0 Å². The van der Waals surface area contributed by atoms with Crippen molar-refractivity contribution in [2.45, 2.75) is 31.7 Å². The van der Waals surface area contributed by atoms with Gasteiger partial charge in [0.25, 0.3) is 0 Å². The van der Waals surface area contributed by atoms with Crippen LogP contribution < -0.4 is 10.1 Å². The van der Waals surface area contributed by atoms with Crippen molar-refractivity contribution in [2.24, 2.45) is 11.8 Å². The van der Waals surface area contributed by atoms with E-state index < -0.39 is 0 Å². The zero-order valence-electron chi connectivity index (χ0n) is 13.3. The van der Waals surface area contributed by atoms with Crippen molar-refractivity contribution in [3.8, 4) is 5.75 Å². The van der Waals surface area contributed by atoms with Gasteiger partial charge in [-0.05, 0) is 75.4 Å². The fourth-order valence-corrected chi connectivity index (χ4v) is 3.53. The zero-order chi connectivity index (χ0) is 14.7. The van der Waals surface area contributed by atoms with Gasteiger partial charge in [-0.3, -0.25) is 0 Å². The second-order valence-corrected chi connectivity index (χ2v) is 6.77. The van der Waals surface area contributed by atoms with Gasteiger partial charge in [0.2, 0.25) is 0 Å². The third-order valence-corrected chi connectivity index (χ3v) is 4.92. The Kier molecular flexibility index (Phi) is 4.81. The van der Waals surface area contributed by atoms with Crippen LogP contribution in [-0.2, 0) is 0 Å². The molecule has 1 aliphatic carbocycles. The summed E-state index contributed by atoms with van der Waals surface area (Å²) in [7, 11) is 3.97. The van der Waals surface area contributed by atoms with Gasteiger partial charge in [0.1, 0.15) is 5.75 Å². The van der Waals surface area contributed by atoms with Crippen LogP contribution >= 0.6 is 0 Å². The first-order valence-electron chi connectivity index (χ1n) is 8.32. The van der Waals surface area contributed by atoms with Crippen molar-refractivity contribution >= 4 is 0 Å². The molecule has 116 valence electrons. The second kappa shape index (κ2) is 6.80. The molecule has 1 N–H and O–H groups in total. The van der Waals surface area contributed by atoms with E-state index in [4.69, 9.17) is 4.74 Å². The summed E-state index contributed by atoms with van der Waals surface area (Å²) in [5, 5.41) is 3.86. The molecule has 1 aliphatic heterocycles. The standard InChI is InChI=1S/C18H28N2O/c1-20-11-3-4-14(13-20)12-19-18(15-5-6-15)16-7-9-17(21-2)10-8-16/h7-10,14-15,18-19H,3-6,11-13H2,1-2H3. The minimum Gasteiger partial charge on any atom is -0.497 e. The lowest BCUT2D eigenvalue weighted by molar-refractivity contribution is 0.201. The SMILES string of the molecule is COc1ccc(C(NCC2CCCN(C)C2)C2CC2)cc1. The minimum absolute atomic E-state index is 0.531. The van der Waals surface area contributed by atoms with Crippen LogP contribution in [0.15, 0.2) is 24.3 Å². The van der Waals surface area contributed by atoms with Crippen LogP contribution in [0.2, 0.25) is 0 Å². The van der Waals surface area contributed by atoms with Gasteiger partial charge in [0.05, 0.1) is 7.11 Å². The predicted octanol–water partition coefficient (Wildman–Crippen LogP) is 3.08. The van der Waals surface area contributed by atoms with E-state index >= 15 is 0 Å². The van der Waals surface area contributed by atoms with E-state index in [1.54, 1.807) is 7.11 Å². The predicted molar refractivity (Wildman–Crippen MR) is 86.7 cm³/mol. The highest BCUT2D eigenvalue weighted by Crippen LogP contribution is 2.41. The summed E-state index contributed by atoms with van der Waals surface area (Å²) in [4.78, 5) is 2.47. The molecule has 1 saturated heterocycles. The molecule has 3 heteroatoms. The fourth-order valence-electron chi connectivity index (χ4n) is 3.53. The molecule has 0 bridgehead atoms. The maximum atomic E-state index is 5.27. The van der Waals surface area contributed by atoms with Crippen LogP contribution in [0.3, 0.4) is 0 Å². The molecule has 2 atom stereocenters. The Labute approximate surface area is 128 Å². The Bertz CT molecular complexity index is 441. The molecule has 1 saturated carbocycles. The highest BCUT2D eigenvalue weighted by molar-refractivity contribution is 5.30. The maximum Gasteiger partial charge on any atom is 0.118 e. The summed E-state index contributed by atoms with van der Waals surface area (Å²) in [6.07, 6.45) is 5.46. The molecule has 0 amide bonds. The first-order chi connectivity index (χ1) is 10.3. The lowest BCUT2D eigenvalue weighted by Crippen LogP contribution is -2.38. The van der Waals surface area contributed by atoms with Crippen molar-refractivity contribution in [3.05, 3.63) is 29.8 Å². The number of rotatable bonds is 6. The van der Waals surface area contributed by atoms with Crippen LogP contribution in [0.25, 0.3) is 0 Å². The third-order valence-electron chi connectivity index (χ3n) is 4.92. The van der Waals surface area contributed by atoms with E-state index in [2.05, 4.69) is 41.5 Å². The first-order valence-corrected chi connectivity index (χ1v) is 8.32. The normalized spacial score (nSPS) is 24.8. The van der Waals surface area contributed by atoms with E-state index in [-0.39, 0.29) is 0 Å². The molecule has 1 aromatic rings. The number of likely N-dealkylation sites (tertiary alicyclic amines) is 1.